The van der Waals surface area contributed by atoms with Crippen LogP contribution in [-0.2, 0) is 0 Å². The van der Waals surface area contributed by atoms with E-state index in [9.17, 15) is 5.11 Å². The second kappa shape index (κ2) is 4.77. The van der Waals surface area contributed by atoms with Crippen LogP contribution in [-0.4, -0.2) is 28.6 Å². The van der Waals surface area contributed by atoms with Crippen molar-refractivity contribution >= 4 is 27.3 Å². The van der Waals surface area contributed by atoms with E-state index in [-0.39, 0.29) is 5.54 Å². The molecule has 0 amide bonds. The monoisotopic (exact) mass is 303 g/mol. The van der Waals surface area contributed by atoms with E-state index in [0.717, 1.165) is 23.1 Å². The van der Waals surface area contributed by atoms with Crippen molar-refractivity contribution in [2.75, 3.05) is 13.1 Å². The molecule has 1 aliphatic rings. The maximum atomic E-state index is 10.5. The van der Waals surface area contributed by atoms with Crippen molar-refractivity contribution in [1.82, 2.24) is 4.90 Å². The fraction of sp³-hybridized carbons (Fsp3) is 0.667. The highest BCUT2D eigenvalue weighted by atomic mass is 79.9. The van der Waals surface area contributed by atoms with Gasteiger partial charge in [0.2, 0.25) is 0 Å². The molecule has 1 aromatic heterocycles. The summed E-state index contributed by atoms with van der Waals surface area (Å²) in [6.45, 7) is 6.47. The van der Waals surface area contributed by atoms with Gasteiger partial charge in [-0.05, 0) is 61.1 Å². The summed E-state index contributed by atoms with van der Waals surface area (Å²) in [7, 11) is 0. The third-order valence-electron chi connectivity index (χ3n) is 3.53. The second-order valence-corrected chi connectivity index (χ2v) is 6.52. The van der Waals surface area contributed by atoms with Crippen molar-refractivity contribution in [3.63, 3.8) is 0 Å². The van der Waals surface area contributed by atoms with Crippen LogP contribution in [0, 0.1) is 0 Å². The highest BCUT2D eigenvalue weighted by Crippen LogP contribution is 2.37. The number of rotatable bonds is 3. The Morgan fingerprint density at radius 3 is 2.50 bits per heavy atom. The molecule has 0 aromatic carbocycles. The lowest BCUT2D eigenvalue weighted by atomic mass is 9.91. The van der Waals surface area contributed by atoms with Crippen molar-refractivity contribution < 1.29 is 5.11 Å². The zero-order chi connectivity index (χ0) is 11.8. The molecule has 2 heterocycles. The molecule has 0 radical (unpaired) electrons. The fourth-order valence-corrected chi connectivity index (χ4v) is 3.87. The lowest BCUT2D eigenvalue weighted by Gasteiger charge is -2.39. The number of hydrogen-bond acceptors (Lipinski definition) is 3. The normalized spacial score (nSPS) is 20.2. The van der Waals surface area contributed by atoms with E-state index in [1.54, 1.807) is 11.3 Å². The van der Waals surface area contributed by atoms with Gasteiger partial charge >= 0.3 is 0 Å². The molecular formula is C12H18BrNOS. The van der Waals surface area contributed by atoms with E-state index >= 15 is 0 Å². The summed E-state index contributed by atoms with van der Waals surface area (Å²) in [6, 6.07) is 0. The van der Waals surface area contributed by atoms with Gasteiger partial charge in [-0.1, -0.05) is 0 Å². The Hall–Kier alpha value is 0.1000. The molecule has 1 unspecified atom stereocenters. The van der Waals surface area contributed by atoms with Crippen molar-refractivity contribution in [2.24, 2.45) is 0 Å². The number of likely N-dealkylation sites (tertiary alicyclic amines) is 1. The Bertz CT molecular complexity index is 358. The summed E-state index contributed by atoms with van der Waals surface area (Å²) in [5, 5.41) is 14.6. The van der Waals surface area contributed by atoms with Crippen LogP contribution in [0.1, 0.15) is 38.4 Å². The summed E-state index contributed by atoms with van der Waals surface area (Å²) in [6.07, 6.45) is 2.08. The Morgan fingerprint density at radius 1 is 1.38 bits per heavy atom. The second-order valence-electron chi connectivity index (χ2n) is 4.93. The minimum Gasteiger partial charge on any atom is -0.386 e. The molecule has 1 N–H and O–H groups in total. The highest BCUT2D eigenvalue weighted by molar-refractivity contribution is 9.10. The molecule has 1 aromatic rings. The number of aliphatic hydroxyl groups is 1. The number of aliphatic hydroxyl groups excluding tert-OH is 1. The molecule has 1 fully saturated rings. The molecule has 1 atom stereocenters. The minimum absolute atomic E-state index is 0.180. The van der Waals surface area contributed by atoms with E-state index < -0.39 is 6.10 Å². The smallest absolute Gasteiger partial charge is 0.0987 e. The number of thiophene rings is 1. The third kappa shape index (κ3) is 2.21. The fourth-order valence-electron chi connectivity index (χ4n) is 2.33. The van der Waals surface area contributed by atoms with Gasteiger partial charge in [0.05, 0.1) is 6.10 Å². The summed E-state index contributed by atoms with van der Waals surface area (Å²) in [5.41, 5.74) is 0.835. The largest absolute Gasteiger partial charge is 0.386 e. The van der Waals surface area contributed by atoms with Crippen molar-refractivity contribution in [3.05, 3.63) is 20.8 Å². The van der Waals surface area contributed by atoms with Gasteiger partial charge in [0.25, 0.3) is 0 Å². The number of nitrogens with zero attached hydrogens (tertiary/aromatic N) is 1. The topological polar surface area (TPSA) is 23.5 Å². The van der Waals surface area contributed by atoms with E-state index in [2.05, 4.69) is 34.7 Å². The van der Waals surface area contributed by atoms with Crippen LogP contribution in [0.5, 0.6) is 0 Å². The molecule has 1 aliphatic heterocycles. The van der Waals surface area contributed by atoms with E-state index in [0.29, 0.717) is 0 Å². The Balaban J connectivity index is 2.19. The zero-order valence-corrected chi connectivity index (χ0v) is 12.1. The Morgan fingerprint density at radius 2 is 2.00 bits per heavy atom. The van der Waals surface area contributed by atoms with Crippen LogP contribution in [0.2, 0.25) is 0 Å². The number of halogens is 1. The predicted molar refractivity (Wildman–Crippen MR) is 71.9 cm³/mol. The van der Waals surface area contributed by atoms with Crippen LogP contribution in [0.15, 0.2) is 15.2 Å². The first-order valence-corrected chi connectivity index (χ1v) is 7.42. The summed E-state index contributed by atoms with van der Waals surface area (Å²) < 4.78 is 1.03. The average Bonchev–Trinajstić information content (AvgIpc) is 2.86. The van der Waals surface area contributed by atoms with Gasteiger partial charge < -0.3 is 5.11 Å². The zero-order valence-electron chi connectivity index (χ0n) is 9.74. The Labute approximate surface area is 109 Å². The average molecular weight is 304 g/mol. The lowest BCUT2D eigenvalue weighted by molar-refractivity contribution is 0.00117. The van der Waals surface area contributed by atoms with Crippen LogP contribution in [0.25, 0.3) is 0 Å². The van der Waals surface area contributed by atoms with Gasteiger partial charge in [-0.3, -0.25) is 4.90 Å². The molecule has 1 saturated heterocycles. The van der Waals surface area contributed by atoms with Crippen LogP contribution in [0.3, 0.4) is 0 Å². The van der Waals surface area contributed by atoms with Crippen molar-refractivity contribution in [1.29, 1.82) is 0 Å². The quantitative estimate of drug-likeness (QED) is 0.925. The van der Waals surface area contributed by atoms with E-state index in [4.69, 9.17) is 0 Å². The number of hydrogen-bond donors (Lipinski definition) is 1. The molecule has 16 heavy (non-hydrogen) atoms. The first-order valence-electron chi connectivity index (χ1n) is 5.68. The molecule has 0 aliphatic carbocycles. The van der Waals surface area contributed by atoms with Gasteiger partial charge in [0.15, 0.2) is 0 Å². The molecule has 90 valence electrons. The van der Waals surface area contributed by atoms with Gasteiger partial charge in [-0.2, -0.15) is 11.3 Å². The first kappa shape index (κ1) is 12.6. The molecule has 4 heteroatoms. The van der Waals surface area contributed by atoms with E-state index in [1.165, 1.54) is 12.8 Å². The van der Waals surface area contributed by atoms with Gasteiger partial charge in [-0.15, -0.1) is 0 Å². The molecular weight excluding hydrogens is 286 g/mol. The van der Waals surface area contributed by atoms with Crippen LogP contribution < -0.4 is 0 Å². The first-order chi connectivity index (χ1) is 7.53. The molecule has 2 nitrogen and oxygen atoms in total. The molecule has 0 saturated carbocycles. The standard InChI is InChI=1S/C12H18BrNOS/c1-12(2,14-5-3-4-6-14)11(15)9-7-16-8-10(9)13/h7-8,11,15H,3-6H2,1-2H3. The lowest BCUT2D eigenvalue weighted by Crippen LogP contribution is -2.46. The van der Waals surface area contributed by atoms with Crippen molar-refractivity contribution in [2.45, 2.75) is 38.3 Å². The van der Waals surface area contributed by atoms with E-state index in [1.807, 2.05) is 10.8 Å². The predicted octanol–water partition coefficient (Wildman–Crippen LogP) is 3.42. The SMILES string of the molecule is CC(C)(C(O)c1cscc1Br)N1CCCC1. The molecule has 2 rings (SSSR count). The van der Waals surface area contributed by atoms with Crippen molar-refractivity contribution in [3.8, 4) is 0 Å². The van der Waals surface area contributed by atoms with Crippen LogP contribution in [0.4, 0.5) is 0 Å². The van der Waals surface area contributed by atoms with Gasteiger partial charge in [0.1, 0.15) is 0 Å². The third-order valence-corrected chi connectivity index (χ3v) is 5.28. The summed E-state index contributed by atoms with van der Waals surface area (Å²) in [4.78, 5) is 2.39. The Kier molecular flexibility index (Phi) is 3.74. The van der Waals surface area contributed by atoms with Gasteiger partial charge in [-0.25, -0.2) is 0 Å². The van der Waals surface area contributed by atoms with Gasteiger partial charge in [0, 0.05) is 21.0 Å². The molecule has 0 spiro atoms. The molecule has 0 bridgehead atoms. The summed E-state index contributed by atoms with van der Waals surface area (Å²) in [5.74, 6) is 0. The minimum atomic E-state index is -0.425. The maximum Gasteiger partial charge on any atom is 0.0987 e. The van der Waals surface area contributed by atoms with Crippen LogP contribution >= 0.6 is 27.3 Å². The highest BCUT2D eigenvalue weighted by Gasteiger charge is 2.37. The maximum absolute atomic E-state index is 10.5. The summed E-state index contributed by atoms with van der Waals surface area (Å²) >= 11 is 5.13.